The van der Waals surface area contributed by atoms with Gasteiger partial charge >= 0.3 is 0 Å². The first kappa shape index (κ1) is 13.9. The average molecular weight is 200 g/mol. The van der Waals surface area contributed by atoms with E-state index in [9.17, 15) is 0 Å². The highest BCUT2D eigenvalue weighted by atomic mass is 14.9. The van der Waals surface area contributed by atoms with E-state index in [-0.39, 0.29) is 0 Å². The average Bonchev–Trinajstić information content (AvgIpc) is 2.16. The molecule has 86 valence electrons. The molecule has 0 aliphatic carbocycles. The minimum Gasteiger partial charge on any atom is -0.314 e. The van der Waals surface area contributed by atoms with E-state index in [4.69, 9.17) is 11.5 Å². The lowest BCUT2D eigenvalue weighted by molar-refractivity contribution is 0.374. The highest BCUT2D eigenvalue weighted by Gasteiger charge is 2.14. The second kappa shape index (κ2) is 8.25. The van der Waals surface area contributed by atoms with E-state index in [2.05, 4.69) is 13.8 Å². The monoisotopic (exact) mass is 200 g/mol. The maximum Gasteiger partial charge on any atom is 0.0633 e. The van der Waals surface area contributed by atoms with Gasteiger partial charge in [0.2, 0.25) is 0 Å². The minimum atomic E-state index is -0.413. The number of unbranched alkanes of at least 4 members (excludes halogenated alkanes) is 6. The third-order valence-corrected chi connectivity index (χ3v) is 2.90. The molecule has 0 saturated carbocycles. The van der Waals surface area contributed by atoms with E-state index in [1.165, 1.54) is 44.9 Å². The summed E-state index contributed by atoms with van der Waals surface area (Å²) in [5.74, 6) is 0. The second-order valence-corrected chi connectivity index (χ2v) is 4.46. The van der Waals surface area contributed by atoms with Crippen LogP contribution in [-0.2, 0) is 0 Å². The fourth-order valence-electron chi connectivity index (χ4n) is 1.59. The molecule has 0 aliphatic rings. The normalized spacial score (nSPS) is 12.0. The maximum atomic E-state index is 5.86. The first-order valence-corrected chi connectivity index (χ1v) is 6.20. The zero-order valence-corrected chi connectivity index (χ0v) is 10.0. The van der Waals surface area contributed by atoms with Crippen molar-refractivity contribution in [3.05, 3.63) is 0 Å². The van der Waals surface area contributed by atoms with Crippen molar-refractivity contribution in [1.29, 1.82) is 0 Å². The molecular weight excluding hydrogens is 172 g/mol. The van der Waals surface area contributed by atoms with Gasteiger partial charge < -0.3 is 11.5 Å². The van der Waals surface area contributed by atoms with Crippen LogP contribution in [0.5, 0.6) is 0 Å². The van der Waals surface area contributed by atoms with Crippen molar-refractivity contribution in [1.82, 2.24) is 0 Å². The molecule has 0 radical (unpaired) electrons. The van der Waals surface area contributed by atoms with Gasteiger partial charge in [-0.1, -0.05) is 58.8 Å². The topological polar surface area (TPSA) is 52.0 Å². The van der Waals surface area contributed by atoms with E-state index in [0.717, 1.165) is 12.8 Å². The van der Waals surface area contributed by atoms with Gasteiger partial charge in [-0.2, -0.15) is 0 Å². The molecule has 4 N–H and O–H groups in total. The largest absolute Gasteiger partial charge is 0.314 e. The molecule has 0 saturated heterocycles. The lowest BCUT2D eigenvalue weighted by Crippen LogP contribution is -2.48. The zero-order chi connectivity index (χ0) is 10.9. The number of nitrogens with two attached hydrogens (primary N) is 2. The van der Waals surface area contributed by atoms with Gasteiger partial charge in [0.15, 0.2) is 0 Å². The number of hydrogen-bond acceptors (Lipinski definition) is 2. The van der Waals surface area contributed by atoms with Crippen molar-refractivity contribution in [2.45, 2.75) is 77.3 Å². The predicted molar refractivity (Wildman–Crippen MR) is 64.0 cm³/mol. The van der Waals surface area contributed by atoms with E-state index >= 15 is 0 Å². The van der Waals surface area contributed by atoms with Crippen LogP contribution in [0.3, 0.4) is 0 Å². The van der Waals surface area contributed by atoms with Gasteiger partial charge in [0.1, 0.15) is 0 Å². The summed E-state index contributed by atoms with van der Waals surface area (Å²) in [7, 11) is 0. The van der Waals surface area contributed by atoms with Crippen LogP contribution in [-0.4, -0.2) is 5.66 Å². The Morgan fingerprint density at radius 2 is 1.29 bits per heavy atom. The summed E-state index contributed by atoms with van der Waals surface area (Å²) in [6, 6.07) is 0. The Bertz CT molecular complexity index is 121. The minimum absolute atomic E-state index is 0.413. The molecule has 2 heteroatoms. The molecule has 0 aromatic carbocycles. The van der Waals surface area contributed by atoms with Crippen molar-refractivity contribution < 1.29 is 0 Å². The van der Waals surface area contributed by atoms with Crippen molar-refractivity contribution in [2.75, 3.05) is 0 Å². The predicted octanol–water partition coefficient (Wildman–Crippen LogP) is 3.15. The molecular formula is C12H28N2. The smallest absolute Gasteiger partial charge is 0.0633 e. The molecule has 0 atom stereocenters. The number of hydrogen-bond donors (Lipinski definition) is 2. The van der Waals surface area contributed by atoms with Crippen molar-refractivity contribution in [2.24, 2.45) is 11.5 Å². The summed E-state index contributed by atoms with van der Waals surface area (Å²) in [6.45, 7) is 4.31. The van der Waals surface area contributed by atoms with Crippen molar-refractivity contribution >= 4 is 0 Å². The van der Waals surface area contributed by atoms with Gasteiger partial charge in [-0.05, 0) is 12.8 Å². The Hall–Kier alpha value is -0.0800. The maximum absolute atomic E-state index is 5.86. The van der Waals surface area contributed by atoms with E-state index in [1.807, 2.05) is 0 Å². The lowest BCUT2D eigenvalue weighted by atomic mass is 10.00. The van der Waals surface area contributed by atoms with Crippen LogP contribution in [0.15, 0.2) is 0 Å². The molecule has 0 amide bonds. The SMILES string of the molecule is CCCCCCCCCC(N)(N)CC. The van der Waals surface area contributed by atoms with Gasteiger partial charge in [0.25, 0.3) is 0 Å². The van der Waals surface area contributed by atoms with Gasteiger partial charge in [-0.3, -0.25) is 0 Å². The molecule has 0 heterocycles. The molecule has 0 bridgehead atoms. The van der Waals surface area contributed by atoms with E-state index in [0.29, 0.717) is 0 Å². The molecule has 14 heavy (non-hydrogen) atoms. The molecule has 0 aliphatic heterocycles. The molecule has 0 unspecified atom stereocenters. The second-order valence-electron chi connectivity index (χ2n) is 4.46. The molecule has 0 aromatic rings. The molecule has 0 aromatic heterocycles. The first-order chi connectivity index (χ1) is 6.62. The first-order valence-electron chi connectivity index (χ1n) is 6.20. The highest BCUT2D eigenvalue weighted by molar-refractivity contribution is 4.73. The van der Waals surface area contributed by atoms with Crippen LogP contribution in [0.1, 0.15) is 71.6 Å². The summed E-state index contributed by atoms with van der Waals surface area (Å²) in [5.41, 5.74) is 11.3. The zero-order valence-electron chi connectivity index (χ0n) is 10.0. The Morgan fingerprint density at radius 1 is 0.786 bits per heavy atom. The van der Waals surface area contributed by atoms with Crippen LogP contribution in [0.4, 0.5) is 0 Å². The quantitative estimate of drug-likeness (QED) is 0.444. The molecule has 2 nitrogen and oxygen atoms in total. The van der Waals surface area contributed by atoms with Gasteiger partial charge in [-0.25, -0.2) is 0 Å². The molecule has 0 rings (SSSR count). The number of rotatable bonds is 9. The Morgan fingerprint density at radius 3 is 1.79 bits per heavy atom. The third-order valence-electron chi connectivity index (χ3n) is 2.90. The van der Waals surface area contributed by atoms with Gasteiger partial charge in [0, 0.05) is 0 Å². The van der Waals surface area contributed by atoms with Crippen molar-refractivity contribution in [3.63, 3.8) is 0 Å². The summed E-state index contributed by atoms with van der Waals surface area (Å²) in [4.78, 5) is 0. The lowest BCUT2D eigenvalue weighted by Gasteiger charge is -2.22. The van der Waals surface area contributed by atoms with Crippen molar-refractivity contribution in [3.8, 4) is 0 Å². The standard InChI is InChI=1S/C12H28N2/c1-3-5-6-7-8-9-10-11-12(13,14)4-2/h3-11,13-14H2,1-2H3. The van der Waals surface area contributed by atoms with Crippen LogP contribution in [0.2, 0.25) is 0 Å². The van der Waals surface area contributed by atoms with Crippen LogP contribution >= 0.6 is 0 Å². The van der Waals surface area contributed by atoms with Crippen LogP contribution < -0.4 is 11.5 Å². The Balaban J connectivity index is 3.13. The Kier molecular flexibility index (Phi) is 8.20. The summed E-state index contributed by atoms with van der Waals surface area (Å²) >= 11 is 0. The summed E-state index contributed by atoms with van der Waals surface area (Å²) < 4.78 is 0. The van der Waals surface area contributed by atoms with E-state index in [1.54, 1.807) is 0 Å². The molecule has 0 fully saturated rings. The van der Waals surface area contributed by atoms with Crippen LogP contribution in [0.25, 0.3) is 0 Å². The third kappa shape index (κ3) is 8.52. The summed E-state index contributed by atoms with van der Waals surface area (Å²) in [6.07, 6.45) is 11.1. The highest BCUT2D eigenvalue weighted by Crippen LogP contribution is 2.13. The summed E-state index contributed by atoms with van der Waals surface area (Å²) in [5, 5.41) is 0. The Labute approximate surface area is 89.4 Å². The van der Waals surface area contributed by atoms with Gasteiger partial charge in [-0.15, -0.1) is 0 Å². The van der Waals surface area contributed by atoms with E-state index < -0.39 is 5.66 Å². The van der Waals surface area contributed by atoms with Gasteiger partial charge in [0.05, 0.1) is 5.66 Å². The fraction of sp³-hybridized carbons (Fsp3) is 1.00. The fourth-order valence-corrected chi connectivity index (χ4v) is 1.59. The molecule has 0 spiro atoms. The van der Waals surface area contributed by atoms with Crippen LogP contribution in [0, 0.1) is 0 Å².